The van der Waals surface area contributed by atoms with Gasteiger partial charge in [0.25, 0.3) is 0 Å². The van der Waals surface area contributed by atoms with Crippen LogP contribution in [0.4, 0.5) is 5.69 Å². The number of amides is 1. The van der Waals surface area contributed by atoms with Crippen molar-refractivity contribution in [2.75, 3.05) is 31.5 Å². The average Bonchev–Trinajstić information content (AvgIpc) is 2.42. The maximum absolute atomic E-state index is 12.0. The van der Waals surface area contributed by atoms with Crippen LogP contribution in [0.1, 0.15) is 19.4 Å². The molecule has 20 heavy (non-hydrogen) atoms. The molecule has 1 fully saturated rings. The van der Waals surface area contributed by atoms with E-state index in [1.165, 1.54) is 5.56 Å². The van der Waals surface area contributed by atoms with Crippen LogP contribution >= 0.6 is 12.4 Å². The van der Waals surface area contributed by atoms with Gasteiger partial charge in [0.15, 0.2) is 0 Å². The Morgan fingerprint density at radius 2 is 2.10 bits per heavy atom. The predicted molar refractivity (Wildman–Crippen MR) is 85.6 cm³/mol. The van der Waals surface area contributed by atoms with Gasteiger partial charge in [-0.15, -0.1) is 12.4 Å². The van der Waals surface area contributed by atoms with Gasteiger partial charge in [-0.05, 0) is 31.0 Å². The SMILES string of the molecule is CCc1ccc(NC(=O)CN2CCNC[C@H]2C)cc1.Cl. The number of rotatable bonds is 4. The van der Waals surface area contributed by atoms with Gasteiger partial charge in [0.05, 0.1) is 6.54 Å². The summed E-state index contributed by atoms with van der Waals surface area (Å²) in [5, 5.41) is 6.29. The van der Waals surface area contributed by atoms with Crippen molar-refractivity contribution in [3.8, 4) is 0 Å². The van der Waals surface area contributed by atoms with E-state index in [9.17, 15) is 4.79 Å². The van der Waals surface area contributed by atoms with Crippen LogP contribution in [0.25, 0.3) is 0 Å². The molecule has 112 valence electrons. The minimum atomic E-state index is 0. The largest absolute Gasteiger partial charge is 0.325 e. The van der Waals surface area contributed by atoms with Gasteiger partial charge in [-0.1, -0.05) is 19.1 Å². The molecule has 1 amide bonds. The lowest BCUT2D eigenvalue weighted by molar-refractivity contribution is -0.118. The van der Waals surface area contributed by atoms with Crippen molar-refractivity contribution in [3.05, 3.63) is 29.8 Å². The number of nitrogens with zero attached hydrogens (tertiary/aromatic N) is 1. The molecule has 0 aromatic heterocycles. The Morgan fingerprint density at radius 1 is 1.40 bits per heavy atom. The van der Waals surface area contributed by atoms with Crippen LogP contribution in [-0.2, 0) is 11.2 Å². The fraction of sp³-hybridized carbons (Fsp3) is 0.533. The molecule has 0 spiro atoms. The molecule has 2 rings (SSSR count). The summed E-state index contributed by atoms with van der Waals surface area (Å²) in [6.45, 7) is 7.60. The fourth-order valence-corrected chi connectivity index (χ4v) is 2.33. The first-order valence-corrected chi connectivity index (χ1v) is 7.02. The van der Waals surface area contributed by atoms with Crippen molar-refractivity contribution in [2.45, 2.75) is 26.3 Å². The van der Waals surface area contributed by atoms with Crippen LogP contribution in [0.3, 0.4) is 0 Å². The lowest BCUT2D eigenvalue weighted by Gasteiger charge is -2.33. The quantitative estimate of drug-likeness (QED) is 0.892. The van der Waals surface area contributed by atoms with Crippen LogP contribution < -0.4 is 10.6 Å². The Morgan fingerprint density at radius 3 is 2.70 bits per heavy atom. The van der Waals surface area contributed by atoms with Gasteiger partial charge >= 0.3 is 0 Å². The molecule has 5 heteroatoms. The molecule has 1 aromatic carbocycles. The highest BCUT2D eigenvalue weighted by atomic mass is 35.5. The number of carbonyl (C=O) groups is 1. The van der Waals surface area contributed by atoms with E-state index in [4.69, 9.17) is 0 Å². The van der Waals surface area contributed by atoms with Crippen molar-refractivity contribution in [1.82, 2.24) is 10.2 Å². The summed E-state index contributed by atoms with van der Waals surface area (Å²) in [6, 6.07) is 8.48. The first-order chi connectivity index (χ1) is 9.19. The number of piperazine rings is 1. The second-order valence-corrected chi connectivity index (χ2v) is 5.12. The molecular formula is C15H24ClN3O. The number of anilines is 1. The van der Waals surface area contributed by atoms with Crippen molar-refractivity contribution in [2.24, 2.45) is 0 Å². The molecule has 1 atom stereocenters. The van der Waals surface area contributed by atoms with Crippen molar-refractivity contribution in [3.63, 3.8) is 0 Å². The first kappa shape index (κ1) is 17.0. The molecule has 1 heterocycles. The van der Waals surface area contributed by atoms with E-state index in [-0.39, 0.29) is 18.3 Å². The van der Waals surface area contributed by atoms with E-state index in [1.807, 2.05) is 12.1 Å². The molecule has 0 radical (unpaired) electrons. The summed E-state index contributed by atoms with van der Waals surface area (Å²) < 4.78 is 0. The van der Waals surface area contributed by atoms with Crippen LogP contribution in [0, 0.1) is 0 Å². The van der Waals surface area contributed by atoms with Gasteiger partial charge in [0.1, 0.15) is 0 Å². The Kier molecular flexibility index (Phi) is 6.99. The highest BCUT2D eigenvalue weighted by Crippen LogP contribution is 2.10. The summed E-state index contributed by atoms with van der Waals surface area (Å²) in [5.41, 5.74) is 2.17. The Hall–Kier alpha value is -1.10. The Labute approximate surface area is 127 Å². The molecule has 1 aliphatic rings. The van der Waals surface area contributed by atoms with E-state index >= 15 is 0 Å². The zero-order valence-electron chi connectivity index (χ0n) is 12.2. The summed E-state index contributed by atoms with van der Waals surface area (Å²) in [4.78, 5) is 14.2. The lowest BCUT2D eigenvalue weighted by Crippen LogP contribution is -2.51. The zero-order valence-corrected chi connectivity index (χ0v) is 13.0. The van der Waals surface area contributed by atoms with Crippen molar-refractivity contribution < 1.29 is 4.79 Å². The summed E-state index contributed by atoms with van der Waals surface area (Å²) in [5.74, 6) is 0.0676. The standard InChI is InChI=1S/C15H23N3O.ClH/c1-3-13-4-6-14(7-5-13)17-15(19)11-18-9-8-16-10-12(18)2;/h4-7,12,16H,3,8-11H2,1-2H3,(H,17,19);1H/t12-;/m1./s1. The molecule has 1 aromatic rings. The van der Waals surface area contributed by atoms with E-state index in [0.717, 1.165) is 31.7 Å². The molecular weight excluding hydrogens is 274 g/mol. The number of benzene rings is 1. The molecule has 0 aliphatic carbocycles. The summed E-state index contributed by atoms with van der Waals surface area (Å²) >= 11 is 0. The molecule has 0 unspecified atom stereocenters. The second-order valence-electron chi connectivity index (χ2n) is 5.12. The topological polar surface area (TPSA) is 44.4 Å². The number of nitrogens with one attached hydrogen (secondary N) is 2. The fourth-order valence-electron chi connectivity index (χ4n) is 2.33. The number of aryl methyl sites for hydroxylation is 1. The summed E-state index contributed by atoms with van der Waals surface area (Å²) in [6.07, 6.45) is 1.02. The van der Waals surface area contributed by atoms with E-state index in [0.29, 0.717) is 12.6 Å². The van der Waals surface area contributed by atoms with Crippen LogP contribution in [0.5, 0.6) is 0 Å². The van der Waals surface area contributed by atoms with Crippen LogP contribution in [0.15, 0.2) is 24.3 Å². The molecule has 2 N–H and O–H groups in total. The highest BCUT2D eigenvalue weighted by Gasteiger charge is 2.20. The third-order valence-corrected chi connectivity index (χ3v) is 3.63. The number of hydrogen-bond acceptors (Lipinski definition) is 3. The molecule has 4 nitrogen and oxygen atoms in total. The van der Waals surface area contributed by atoms with Gasteiger partial charge in [0.2, 0.25) is 5.91 Å². The Balaban J connectivity index is 0.00000200. The van der Waals surface area contributed by atoms with Gasteiger partial charge in [-0.2, -0.15) is 0 Å². The average molecular weight is 298 g/mol. The first-order valence-electron chi connectivity index (χ1n) is 7.02. The van der Waals surface area contributed by atoms with E-state index < -0.39 is 0 Å². The van der Waals surface area contributed by atoms with Crippen LogP contribution in [0.2, 0.25) is 0 Å². The smallest absolute Gasteiger partial charge is 0.238 e. The maximum atomic E-state index is 12.0. The maximum Gasteiger partial charge on any atom is 0.238 e. The molecule has 1 saturated heterocycles. The second kappa shape index (κ2) is 8.25. The van der Waals surface area contributed by atoms with Gasteiger partial charge in [0, 0.05) is 31.4 Å². The highest BCUT2D eigenvalue weighted by molar-refractivity contribution is 5.92. The van der Waals surface area contributed by atoms with Gasteiger partial charge in [-0.3, -0.25) is 9.69 Å². The number of halogens is 1. The van der Waals surface area contributed by atoms with Crippen molar-refractivity contribution >= 4 is 24.0 Å². The normalized spacial score (nSPS) is 19.2. The minimum Gasteiger partial charge on any atom is -0.325 e. The van der Waals surface area contributed by atoms with Gasteiger partial charge in [-0.25, -0.2) is 0 Å². The van der Waals surface area contributed by atoms with E-state index in [1.54, 1.807) is 0 Å². The number of carbonyl (C=O) groups excluding carboxylic acids is 1. The lowest BCUT2D eigenvalue weighted by atomic mass is 10.1. The summed E-state index contributed by atoms with van der Waals surface area (Å²) in [7, 11) is 0. The minimum absolute atomic E-state index is 0. The third-order valence-electron chi connectivity index (χ3n) is 3.63. The third kappa shape index (κ3) is 4.78. The van der Waals surface area contributed by atoms with E-state index in [2.05, 4.69) is 41.5 Å². The number of hydrogen-bond donors (Lipinski definition) is 2. The monoisotopic (exact) mass is 297 g/mol. The molecule has 0 saturated carbocycles. The predicted octanol–water partition coefficient (Wildman–Crippen LogP) is 1.90. The zero-order chi connectivity index (χ0) is 13.7. The van der Waals surface area contributed by atoms with Gasteiger partial charge < -0.3 is 10.6 Å². The molecule has 0 bridgehead atoms. The molecule has 1 aliphatic heterocycles. The Bertz CT molecular complexity index is 422. The van der Waals surface area contributed by atoms with Crippen molar-refractivity contribution in [1.29, 1.82) is 0 Å². The van der Waals surface area contributed by atoms with Crippen LogP contribution in [-0.4, -0.2) is 43.0 Å².